The average Bonchev–Trinajstić information content (AvgIpc) is 2.74. The van der Waals surface area contributed by atoms with Gasteiger partial charge in [-0.3, -0.25) is 0 Å². The summed E-state index contributed by atoms with van der Waals surface area (Å²) in [5, 5.41) is 18.9. The smallest absolute Gasteiger partial charge is 0.310 e. The Kier molecular flexibility index (Phi) is 2.46. The molecule has 2 rings (SSSR count). The number of hydrogen-bond acceptors (Lipinski definition) is 4. The molecule has 0 atom stereocenters. The molecule has 1 heterocycles. The Hall–Kier alpha value is -1.75. The summed E-state index contributed by atoms with van der Waals surface area (Å²) in [6.07, 6.45) is 0. The first kappa shape index (κ1) is 13.7. The zero-order chi connectivity index (χ0) is 14.4. The molecule has 0 amide bonds. The third kappa shape index (κ3) is 2.81. The molecule has 2 aromatic rings. The van der Waals surface area contributed by atoms with Crippen molar-refractivity contribution in [2.45, 2.75) is 11.5 Å². The van der Waals surface area contributed by atoms with Gasteiger partial charge in [0.25, 0.3) is 0 Å². The van der Waals surface area contributed by atoms with Gasteiger partial charge < -0.3 is 5.11 Å². The van der Waals surface area contributed by atoms with Gasteiger partial charge in [0.1, 0.15) is 11.5 Å². The van der Waals surface area contributed by atoms with Gasteiger partial charge in [0.15, 0.2) is 5.82 Å². The highest BCUT2D eigenvalue weighted by molar-refractivity contribution is 8.45. The van der Waals surface area contributed by atoms with Crippen molar-refractivity contribution in [1.82, 2.24) is 20.2 Å². The van der Waals surface area contributed by atoms with Gasteiger partial charge in [-0.15, -0.1) is 5.10 Å². The molecule has 0 fully saturated rings. The number of hydrogen-bond donors (Lipinski definition) is 1. The second-order valence-corrected chi connectivity index (χ2v) is 6.04. The molecule has 106 valence electrons. The van der Waals surface area contributed by atoms with E-state index in [9.17, 15) is 19.4 Å². The quantitative estimate of drug-likeness (QED) is 0.886. The van der Waals surface area contributed by atoms with Gasteiger partial charge in [0.2, 0.25) is 0 Å². The van der Waals surface area contributed by atoms with Crippen LogP contribution in [0.25, 0.3) is 5.69 Å². The predicted molar refractivity (Wildman–Crippen MR) is 56.5 cm³/mol. The lowest BCUT2D eigenvalue weighted by molar-refractivity contribution is 0.268. The van der Waals surface area contributed by atoms with Crippen LogP contribution in [-0.2, 0) is 6.61 Å². The fourth-order valence-electron chi connectivity index (χ4n) is 1.35. The fourth-order valence-corrected chi connectivity index (χ4v) is 2.00. The predicted octanol–water partition coefficient (Wildman–Crippen LogP) is 2.81. The van der Waals surface area contributed by atoms with Crippen LogP contribution in [-0.4, -0.2) is 25.3 Å². The number of aliphatic hydroxyl groups excluding tert-OH is 1. The molecule has 19 heavy (non-hydrogen) atoms. The van der Waals surface area contributed by atoms with Crippen molar-refractivity contribution in [3.63, 3.8) is 0 Å². The highest BCUT2D eigenvalue weighted by Crippen LogP contribution is 3.02. The van der Waals surface area contributed by atoms with Crippen LogP contribution in [0.5, 0.6) is 0 Å². The van der Waals surface area contributed by atoms with Gasteiger partial charge in [-0.25, -0.2) is 0 Å². The lowest BCUT2D eigenvalue weighted by Crippen LogP contribution is -2.07. The van der Waals surface area contributed by atoms with Crippen LogP contribution < -0.4 is 0 Å². The van der Waals surface area contributed by atoms with Crippen LogP contribution >= 0.6 is 10.2 Å². The maximum atomic E-state index is 12.5. The van der Waals surface area contributed by atoms with Crippen molar-refractivity contribution in [3.05, 3.63) is 30.1 Å². The van der Waals surface area contributed by atoms with Crippen molar-refractivity contribution in [3.8, 4) is 5.69 Å². The van der Waals surface area contributed by atoms with Crippen LogP contribution in [0.1, 0.15) is 5.82 Å². The Morgan fingerprint density at radius 3 is 2.11 bits per heavy atom. The molecular weight excluding hydrogens is 295 g/mol. The van der Waals surface area contributed by atoms with Gasteiger partial charge in [-0.05, 0) is 34.7 Å². The lowest BCUT2D eigenvalue weighted by atomic mass is 10.3. The van der Waals surface area contributed by atoms with E-state index in [0.29, 0.717) is 0 Å². The van der Waals surface area contributed by atoms with E-state index in [1.807, 2.05) is 0 Å². The highest BCUT2D eigenvalue weighted by Gasteiger charge is 2.65. The van der Waals surface area contributed by atoms with Crippen molar-refractivity contribution >= 4 is 10.2 Å². The maximum absolute atomic E-state index is 12.5. The molecule has 1 N–H and O–H groups in total. The van der Waals surface area contributed by atoms with Crippen LogP contribution in [0.3, 0.4) is 0 Å². The molecule has 1 aromatic carbocycles. The van der Waals surface area contributed by atoms with E-state index in [1.165, 1.54) is 0 Å². The minimum absolute atomic E-state index is 0.0275. The third-order valence-electron chi connectivity index (χ3n) is 2.20. The summed E-state index contributed by atoms with van der Waals surface area (Å²) in [6.45, 7) is -0.545. The highest BCUT2D eigenvalue weighted by atomic mass is 32.5. The van der Waals surface area contributed by atoms with E-state index in [2.05, 4.69) is 15.5 Å². The Labute approximate surface area is 103 Å². The summed E-state index contributed by atoms with van der Waals surface area (Å²) in [5.41, 5.74) is 0.0275. The number of rotatable bonds is 3. The molecule has 0 aliphatic heterocycles. The minimum Gasteiger partial charge on any atom is -0.388 e. The molecule has 0 aliphatic carbocycles. The van der Waals surface area contributed by atoms with Gasteiger partial charge in [0.05, 0.1) is 5.69 Å². The Morgan fingerprint density at radius 1 is 1.05 bits per heavy atom. The Bertz CT molecular complexity index is 608. The topological polar surface area (TPSA) is 63.8 Å². The van der Waals surface area contributed by atoms with Crippen molar-refractivity contribution < 1.29 is 24.5 Å². The van der Waals surface area contributed by atoms with Gasteiger partial charge in [0, 0.05) is 0 Å². The summed E-state index contributed by atoms with van der Waals surface area (Å²) >= 11 is 0. The summed E-state index contributed by atoms with van der Waals surface area (Å²) < 4.78 is 63.3. The lowest BCUT2D eigenvalue weighted by Gasteiger charge is -2.40. The molecule has 0 unspecified atom stereocenters. The number of aromatic nitrogens is 4. The second kappa shape index (κ2) is 3.42. The van der Waals surface area contributed by atoms with Crippen molar-refractivity contribution in [2.24, 2.45) is 0 Å². The molecule has 0 bridgehead atoms. The first-order valence-corrected chi connectivity index (χ1v) is 6.69. The van der Waals surface area contributed by atoms with Gasteiger partial charge in [-0.2, -0.15) is 4.68 Å². The van der Waals surface area contributed by atoms with E-state index >= 15 is 0 Å². The Morgan fingerprint density at radius 2 is 1.63 bits per heavy atom. The van der Waals surface area contributed by atoms with Crippen LogP contribution in [0.15, 0.2) is 29.2 Å². The van der Waals surface area contributed by atoms with Crippen molar-refractivity contribution in [1.29, 1.82) is 0 Å². The summed E-state index contributed by atoms with van der Waals surface area (Å²) in [5.74, 6) is -0.0277. The van der Waals surface area contributed by atoms with Crippen LogP contribution in [0.4, 0.5) is 19.4 Å². The number of halogens is 5. The molecule has 11 heteroatoms. The van der Waals surface area contributed by atoms with E-state index in [-0.39, 0.29) is 23.6 Å². The molecule has 0 saturated carbocycles. The number of aliphatic hydroxyl groups is 1. The third-order valence-corrected chi connectivity index (χ3v) is 3.37. The normalized spacial score (nSPS) is 15.9. The second-order valence-electron chi connectivity index (χ2n) is 3.63. The summed E-state index contributed by atoms with van der Waals surface area (Å²) in [7, 11) is -9.68. The molecule has 0 saturated heterocycles. The molecule has 0 radical (unpaired) electrons. The standard InChI is InChI=1S/C8H7F5N4OS/c9-19(10,11,12,13)7-3-1-6(2-4-7)17-8(5-18)14-15-16-17/h1-4,18H,5H2. The largest absolute Gasteiger partial charge is 0.388 e. The fraction of sp³-hybridized carbons (Fsp3) is 0.125. The van der Waals surface area contributed by atoms with E-state index in [1.54, 1.807) is 0 Å². The van der Waals surface area contributed by atoms with E-state index in [0.717, 1.165) is 16.8 Å². The zero-order valence-corrected chi connectivity index (χ0v) is 9.87. The molecular formula is C8H7F5N4OS. The molecule has 0 aliphatic rings. The molecule has 5 nitrogen and oxygen atoms in total. The minimum atomic E-state index is -9.68. The van der Waals surface area contributed by atoms with Crippen LogP contribution in [0, 0.1) is 0 Å². The zero-order valence-electron chi connectivity index (χ0n) is 9.05. The van der Waals surface area contributed by atoms with Crippen molar-refractivity contribution in [2.75, 3.05) is 0 Å². The molecule has 1 aromatic heterocycles. The van der Waals surface area contributed by atoms with Gasteiger partial charge in [-0.1, -0.05) is 19.4 Å². The SMILES string of the molecule is OCc1nnnn1-c1ccc(S(F)(F)(F)(F)F)cc1. The van der Waals surface area contributed by atoms with Crippen LogP contribution in [0.2, 0.25) is 0 Å². The monoisotopic (exact) mass is 302 g/mol. The number of nitrogens with zero attached hydrogens (tertiary/aromatic N) is 4. The van der Waals surface area contributed by atoms with E-state index < -0.39 is 21.7 Å². The van der Waals surface area contributed by atoms with Gasteiger partial charge >= 0.3 is 10.2 Å². The Balaban J connectivity index is 2.46. The number of benzene rings is 1. The first-order valence-electron chi connectivity index (χ1n) is 4.74. The first-order chi connectivity index (χ1) is 8.51. The van der Waals surface area contributed by atoms with E-state index in [4.69, 9.17) is 5.11 Å². The summed E-state index contributed by atoms with van der Waals surface area (Å²) in [4.78, 5) is -2.00. The number of tetrazole rings is 1. The summed E-state index contributed by atoms with van der Waals surface area (Å²) in [6, 6.07) is 2.09. The maximum Gasteiger partial charge on any atom is 0.310 e. The molecule has 0 spiro atoms. The average molecular weight is 302 g/mol.